The molecule has 0 unspecified atom stereocenters. The van der Waals surface area contributed by atoms with Gasteiger partial charge in [0.1, 0.15) is 0 Å². The average molecular weight is 340 g/mol. The highest BCUT2D eigenvalue weighted by molar-refractivity contribution is 6.21. The van der Waals surface area contributed by atoms with Gasteiger partial charge in [-0.1, -0.05) is 17.3 Å². The van der Waals surface area contributed by atoms with Crippen LogP contribution >= 0.6 is 0 Å². The van der Waals surface area contributed by atoms with E-state index < -0.39 is 0 Å². The first-order valence-electron chi connectivity index (χ1n) is 8.72. The molecule has 25 heavy (non-hydrogen) atoms. The second-order valence-electron chi connectivity index (χ2n) is 6.50. The van der Waals surface area contributed by atoms with Gasteiger partial charge in [0.05, 0.1) is 17.0 Å². The minimum Gasteiger partial charge on any atom is -0.339 e. The number of rotatable bonds is 5. The lowest BCUT2D eigenvalue weighted by Gasteiger charge is -2.18. The predicted octanol–water partition coefficient (Wildman–Crippen LogP) is 1.77. The van der Waals surface area contributed by atoms with Crippen molar-refractivity contribution in [2.75, 3.05) is 19.6 Å². The van der Waals surface area contributed by atoms with Gasteiger partial charge < -0.3 is 9.84 Å². The highest BCUT2D eigenvalue weighted by Crippen LogP contribution is 2.23. The Labute approximate surface area is 145 Å². The van der Waals surface area contributed by atoms with Crippen LogP contribution in [0.4, 0.5) is 0 Å². The van der Waals surface area contributed by atoms with E-state index in [4.69, 9.17) is 4.52 Å². The van der Waals surface area contributed by atoms with Crippen molar-refractivity contribution in [3.63, 3.8) is 0 Å². The van der Waals surface area contributed by atoms with Gasteiger partial charge in [-0.15, -0.1) is 0 Å². The van der Waals surface area contributed by atoms with Crippen LogP contribution in [0.5, 0.6) is 0 Å². The van der Waals surface area contributed by atoms with Crippen molar-refractivity contribution in [3.8, 4) is 0 Å². The van der Waals surface area contributed by atoms with Crippen LogP contribution in [0.1, 0.15) is 57.6 Å². The molecule has 2 aliphatic heterocycles. The Bertz CT molecular complexity index is 760. The maximum absolute atomic E-state index is 12.3. The standard InChI is InChI=1S/C18H20N4O3/c23-17-13-6-1-2-7-14(13)18(24)22(17)10-4-8-15-20-16(25-21-15)12-5-3-9-19-11-12/h1-2,6-7,12,19H,3-5,8-11H2/t12-/m1/s1. The second-order valence-corrected chi connectivity index (χ2v) is 6.50. The Morgan fingerprint density at radius 3 is 2.64 bits per heavy atom. The number of carbonyl (C=O) groups is 2. The van der Waals surface area contributed by atoms with Crippen molar-refractivity contribution >= 4 is 11.8 Å². The molecule has 130 valence electrons. The molecule has 1 aromatic heterocycles. The number of hydrogen-bond donors (Lipinski definition) is 1. The summed E-state index contributed by atoms with van der Waals surface area (Å²) in [7, 11) is 0. The first-order chi connectivity index (χ1) is 12.2. The van der Waals surface area contributed by atoms with E-state index in [0.717, 1.165) is 25.9 Å². The SMILES string of the molecule is O=C1c2ccccc2C(=O)N1CCCc1noc([C@@H]2CCCNC2)n1. The van der Waals surface area contributed by atoms with E-state index >= 15 is 0 Å². The molecule has 7 nitrogen and oxygen atoms in total. The predicted molar refractivity (Wildman–Crippen MR) is 89.3 cm³/mol. The number of carbonyl (C=O) groups excluding carboxylic acids is 2. The van der Waals surface area contributed by atoms with Crippen LogP contribution in [0.2, 0.25) is 0 Å². The molecule has 1 atom stereocenters. The molecule has 1 saturated heterocycles. The maximum atomic E-state index is 12.3. The molecular formula is C18H20N4O3. The molecule has 2 amide bonds. The van der Waals surface area contributed by atoms with Crippen LogP contribution in [-0.2, 0) is 6.42 Å². The molecule has 2 aliphatic rings. The summed E-state index contributed by atoms with van der Waals surface area (Å²) >= 11 is 0. The molecule has 1 fully saturated rings. The Morgan fingerprint density at radius 1 is 1.20 bits per heavy atom. The lowest BCUT2D eigenvalue weighted by Crippen LogP contribution is -2.31. The van der Waals surface area contributed by atoms with Crippen LogP contribution in [0.3, 0.4) is 0 Å². The summed E-state index contributed by atoms with van der Waals surface area (Å²) < 4.78 is 5.37. The van der Waals surface area contributed by atoms with E-state index in [1.165, 1.54) is 4.90 Å². The molecule has 3 heterocycles. The third kappa shape index (κ3) is 3.07. The number of aromatic nitrogens is 2. The monoisotopic (exact) mass is 340 g/mol. The van der Waals surface area contributed by atoms with Gasteiger partial charge in [0.15, 0.2) is 5.82 Å². The zero-order chi connectivity index (χ0) is 17.2. The Hall–Kier alpha value is -2.54. The van der Waals surface area contributed by atoms with Gasteiger partial charge in [-0.2, -0.15) is 4.98 Å². The molecule has 0 bridgehead atoms. The van der Waals surface area contributed by atoms with Gasteiger partial charge in [-0.25, -0.2) is 0 Å². The fourth-order valence-corrected chi connectivity index (χ4v) is 3.43. The van der Waals surface area contributed by atoms with E-state index in [1.54, 1.807) is 24.3 Å². The first-order valence-corrected chi connectivity index (χ1v) is 8.72. The average Bonchev–Trinajstić information content (AvgIpc) is 3.22. The highest BCUT2D eigenvalue weighted by Gasteiger charge is 2.34. The number of nitrogens with one attached hydrogen (secondary N) is 1. The van der Waals surface area contributed by atoms with E-state index in [2.05, 4.69) is 15.5 Å². The molecule has 0 saturated carbocycles. The Kier molecular flexibility index (Phi) is 4.31. The van der Waals surface area contributed by atoms with E-state index in [9.17, 15) is 9.59 Å². The van der Waals surface area contributed by atoms with Crippen LogP contribution < -0.4 is 5.32 Å². The molecule has 7 heteroatoms. The Balaban J connectivity index is 1.33. The van der Waals surface area contributed by atoms with Crippen molar-refractivity contribution in [3.05, 3.63) is 47.1 Å². The van der Waals surface area contributed by atoms with Crippen molar-refractivity contribution in [2.24, 2.45) is 0 Å². The molecule has 4 rings (SSSR count). The van der Waals surface area contributed by atoms with E-state index in [1.807, 2.05) is 0 Å². The molecule has 1 aromatic carbocycles. The maximum Gasteiger partial charge on any atom is 0.261 e. The summed E-state index contributed by atoms with van der Waals surface area (Å²) in [4.78, 5) is 30.4. The second kappa shape index (κ2) is 6.76. The number of aryl methyl sites for hydroxylation is 1. The van der Waals surface area contributed by atoms with Crippen LogP contribution in [-0.4, -0.2) is 46.5 Å². The van der Waals surface area contributed by atoms with Gasteiger partial charge in [-0.05, 0) is 37.9 Å². The molecule has 0 radical (unpaired) electrons. The summed E-state index contributed by atoms with van der Waals surface area (Å²) in [5.74, 6) is 1.16. The van der Waals surface area contributed by atoms with E-state index in [0.29, 0.717) is 42.2 Å². The van der Waals surface area contributed by atoms with Crippen molar-refractivity contribution in [1.29, 1.82) is 0 Å². The summed E-state index contributed by atoms with van der Waals surface area (Å²) in [6.07, 6.45) is 3.37. The van der Waals surface area contributed by atoms with Gasteiger partial charge in [0.2, 0.25) is 5.89 Å². The van der Waals surface area contributed by atoms with E-state index in [-0.39, 0.29) is 17.7 Å². The molecular weight excluding hydrogens is 320 g/mol. The van der Waals surface area contributed by atoms with Gasteiger partial charge in [0, 0.05) is 19.5 Å². The quantitative estimate of drug-likeness (QED) is 0.835. The molecule has 2 aromatic rings. The molecule has 0 spiro atoms. The number of piperidine rings is 1. The number of nitrogens with zero attached hydrogens (tertiary/aromatic N) is 3. The number of benzene rings is 1. The summed E-state index contributed by atoms with van der Waals surface area (Å²) in [5.41, 5.74) is 0.971. The summed E-state index contributed by atoms with van der Waals surface area (Å²) in [5, 5.41) is 7.36. The Morgan fingerprint density at radius 2 is 1.96 bits per heavy atom. The van der Waals surface area contributed by atoms with Crippen molar-refractivity contribution in [1.82, 2.24) is 20.4 Å². The number of fused-ring (bicyclic) bond motifs is 1. The first kappa shape index (κ1) is 16.0. The number of hydrogen-bond acceptors (Lipinski definition) is 6. The van der Waals surface area contributed by atoms with Crippen LogP contribution in [0.25, 0.3) is 0 Å². The summed E-state index contributed by atoms with van der Waals surface area (Å²) in [6, 6.07) is 6.93. The fourth-order valence-electron chi connectivity index (χ4n) is 3.43. The van der Waals surface area contributed by atoms with Crippen LogP contribution in [0, 0.1) is 0 Å². The normalized spacial score (nSPS) is 20.2. The molecule has 1 N–H and O–H groups in total. The fraction of sp³-hybridized carbons (Fsp3) is 0.444. The van der Waals surface area contributed by atoms with Gasteiger partial charge >= 0.3 is 0 Å². The zero-order valence-corrected chi connectivity index (χ0v) is 13.9. The molecule has 0 aliphatic carbocycles. The summed E-state index contributed by atoms with van der Waals surface area (Å²) in [6.45, 7) is 2.27. The highest BCUT2D eigenvalue weighted by atomic mass is 16.5. The number of imide groups is 1. The zero-order valence-electron chi connectivity index (χ0n) is 13.9. The van der Waals surface area contributed by atoms with Crippen molar-refractivity contribution in [2.45, 2.75) is 31.6 Å². The topological polar surface area (TPSA) is 88.3 Å². The van der Waals surface area contributed by atoms with Gasteiger partial charge in [-0.3, -0.25) is 14.5 Å². The van der Waals surface area contributed by atoms with Crippen LogP contribution in [0.15, 0.2) is 28.8 Å². The third-order valence-corrected chi connectivity index (χ3v) is 4.79. The van der Waals surface area contributed by atoms with Gasteiger partial charge in [0.25, 0.3) is 11.8 Å². The lowest BCUT2D eigenvalue weighted by atomic mass is 10.00. The largest absolute Gasteiger partial charge is 0.339 e. The third-order valence-electron chi connectivity index (χ3n) is 4.79. The lowest BCUT2D eigenvalue weighted by molar-refractivity contribution is 0.0652. The smallest absolute Gasteiger partial charge is 0.261 e. The minimum absolute atomic E-state index is 0.220. The minimum atomic E-state index is -0.220. The van der Waals surface area contributed by atoms with Crippen molar-refractivity contribution < 1.29 is 14.1 Å². The number of amides is 2.